The molecule has 0 atom stereocenters. The Bertz CT molecular complexity index is 1180. The molecule has 1 N–H and O–H groups in total. The predicted octanol–water partition coefficient (Wildman–Crippen LogP) is 4.20. The zero-order chi connectivity index (χ0) is 19.7. The van der Waals surface area contributed by atoms with Crippen LogP contribution in [0.2, 0.25) is 0 Å². The maximum Gasteiger partial charge on any atom is 0.255 e. The van der Waals surface area contributed by atoms with Crippen molar-refractivity contribution in [1.29, 1.82) is 0 Å². The van der Waals surface area contributed by atoms with Gasteiger partial charge in [-0.05, 0) is 55.0 Å². The molecule has 28 heavy (non-hydrogen) atoms. The average Bonchev–Trinajstić information content (AvgIpc) is 3.06. The first-order valence-corrected chi connectivity index (χ1v) is 8.90. The monoisotopic (exact) mass is 372 g/mol. The van der Waals surface area contributed by atoms with Gasteiger partial charge in [-0.2, -0.15) is 0 Å². The third kappa shape index (κ3) is 3.20. The fourth-order valence-electron chi connectivity index (χ4n) is 3.18. The largest absolute Gasteiger partial charge is 0.497 e. The quantitative estimate of drug-likeness (QED) is 0.583. The Morgan fingerprint density at radius 1 is 1.11 bits per heavy atom. The van der Waals surface area contributed by atoms with Crippen LogP contribution in [0, 0.1) is 6.92 Å². The molecule has 4 rings (SSSR count). The van der Waals surface area contributed by atoms with Crippen molar-refractivity contribution in [1.82, 2.24) is 14.5 Å². The van der Waals surface area contributed by atoms with Gasteiger partial charge in [-0.3, -0.25) is 4.79 Å². The lowest BCUT2D eigenvalue weighted by atomic mass is 10.1. The first-order chi connectivity index (χ1) is 13.6. The van der Waals surface area contributed by atoms with Crippen LogP contribution < -0.4 is 10.1 Å². The Morgan fingerprint density at radius 2 is 1.96 bits per heavy atom. The lowest BCUT2D eigenvalue weighted by Crippen LogP contribution is -2.13. The van der Waals surface area contributed by atoms with Crippen molar-refractivity contribution in [3.8, 4) is 17.1 Å². The standard InChI is InChI=1S/C22H20N4O2/c1-14-12-17(28-3)9-10-18(14)25-22(27)16-7-4-6-15(13-16)20-24-19-8-5-11-23-21(19)26(20)2/h4-13H,1-3H3,(H,25,27). The van der Waals surface area contributed by atoms with Gasteiger partial charge in [0.25, 0.3) is 5.91 Å². The first kappa shape index (κ1) is 17.7. The number of aryl methyl sites for hydroxylation is 2. The van der Waals surface area contributed by atoms with Crippen LogP contribution >= 0.6 is 0 Å². The molecule has 0 saturated carbocycles. The molecule has 0 radical (unpaired) electrons. The lowest BCUT2D eigenvalue weighted by molar-refractivity contribution is 0.102. The van der Waals surface area contributed by atoms with E-state index >= 15 is 0 Å². The van der Waals surface area contributed by atoms with E-state index in [1.807, 2.05) is 67.1 Å². The van der Waals surface area contributed by atoms with Gasteiger partial charge in [0.05, 0.1) is 7.11 Å². The van der Waals surface area contributed by atoms with Crippen molar-refractivity contribution >= 4 is 22.8 Å². The van der Waals surface area contributed by atoms with E-state index in [9.17, 15) is 4.79 Å². The van der Waals surface area contributed by atoms with E-state index < -0.39 is 0 Å². The number of nitrogens with zero attached hydrogens (tertiary/aromatic N) is 3. The molecule has 0 saturated heterocycles. The molecule has 0 spiro atoms. The Balaban J connectivity index is 1.65. The number of nitrogens with one attached hydrogen (secondary N) is 1. The highest BCUT2D eigenvalue weighted by molar-refractivity contribution is 6.05. The SMILES string of the molecule is COc1ccc(NC(=O)c2cccc(-c3nc4cccnc4n3C)c2)c(C)c1. The summed E-state index contributed by atoms with van der Waals surface area (Å²) in [6.07, 6.45) is 1.74. The molecule has 2 aromatic heterocycles. The van der Waals surface area contributed by atoms with Crippen molar-refractivity contribution in [2.75, 3.05) is 12.4 Å². The molecule has 0 aliphatic heterocycles. The van der Waals surface area contributed by atoms with E-state index in [1.165, 1.54) is 0 Å². The smallest absolute Gasteiger partial charge is 0.255 e. The van der Waals surface area contributed by atoms with Crippen molar-refractivity contribution in [3.63, 3.8) is 0 Å². The van der Waals surface area contributed by atoms with Gasteiger partial charge in [0.15, 0.2) is 5.65 Å². The van der Waals surface area contributed by atoms with E-state index in [0.717, 1.165) is 39.6 Å². The van der Waals surface area contributed by atoms with Crippen LogP contribution in [0.1, 0.15) is 15.9 Å². The molecule has 6 heteroatoms. The molecule has 0 bridgehead atoms. The van der Waals surface area contributed by atoms with Crippen LogP contribution in [0.5, 0.6) is 5.75 Å². The fraction of sp³-hybridized carbons (Fsp3) is 0.136. The molecular weight excluding hydrogens is 352 g/mol. The Labute approximate surface area is 162 Å². The van der Waals surface area contributed by atoms with Gasteiger partial charge >= 0.3 is 0 Å². The number of imidazole rings is 1. The molecular formula is C22H20N4O2. The molecule has 0 fully saturated rings. The Kier molecular flexibility index (Phi) is 4.53. The van der Waals surface area contributed by atoms with Gasteiger partial charge in [-0.15, -0.1) is 0 Å². The van der Waals surface area contributed by atoms with Crippen molar-refractivity contribution in [2.45, 2.75) is 6.92 Å². The van der Waals surface area contributed by atoms with Crippen LogP contribution in [0.4, 0.5) is 5.69 Å². The van der Waals surface area contributed by atoms with Gasteiger partial charge in [0, 0.05) is 30.1 Å². The number of carbonyl (C=O) groups excluding carboxylic acids is 1. The van der Waals surface area contributed by atoms with E-state index in [1.54, 1.807) is 19.4 Å². The Hall–Kier alpha value is -3.67. The summed E-state index contributed by atoms with van der Waals surface area (Å²) in [5.41, 5.74) is 4.74. The van der Waals surface area contributed by atoms with Gasteiger partial charge < -0.3 is 14.6 Å². The van der Waals surface area contributed by atoms with Crippen LogP contribution in [-0.4, -0.2) is 27.6 Å². The number of amides is 1. The first-order valence-electron chi connectivity index (χ1n) is 8.90. The number of aromatic nitrogens is 3. The summed E-state index contributed by atoms with van der Waals surface area (Å²) in [7, 11) is 3.54. The zero-order valence-electron chi connectivity index (χ0n) is 15.9. The number of rotatable bonds is 4. The van der Waals surface area contributed by atoms with E-state index in [2.05, 4.69) is 15.3 Å². The molecule has 4 aromatic rings. The molecule has 2 heterocycles. The fourth-order valence-corrected chi connectivity index (χ4v) is 3.18. The van der Waals surface area contributed by atoms with Gasteiger partial charge in [-0.1, -0.05) is 12.1 Å². The number of benzene rings is 2. The summed E-state index contributed by atoms with van der Waals surface area (Å²) in [4.78, 5) is 21.8. The number of fused-ring (bicyclic) bond motifs is 1. The summed E-state index contributed by atoms with van der Waals surface area (Å²) in [5, 5.41) is 2.96. The summed E-state index contributed by atoms with van der Waals surface area (Å²) < 4.78 is 7.14. The number of methoxy groups -OCH3 is 1. The molecule has 1 amide bonds. The maximum atomic E-state index is 12.8. The Morgan fingerprint density at radius 3 is 2.71 bits per heavy atom. The number of pyridine rings is 1. The predicted molar refractivity (Wildman–Crippen MR) is 110 cm³/mol. The summed E-state index contributed by atoms with van der Waals surface area (Å²) in [6, 6.07) is 16.8. The number of hydrogen-bond acceptors (Lipinski definition) is 4. The normalized spacial score (nSPS) is 10.8. The topological polar surface area (TPSA) is 69.0 Å². The minimum Gasteiger partial charge on any atom is -0.497 e. The molecule has 6 nitrogen and oxygen atoms in total. The van der Waals surface area contributed by atoms with Crippen LogP contribution in [0.15, 0.2) is 60.8 Å². The second kappa shape index (κ2) is 7.15. The number of hydrogen-bond donors (Lipinski definition) is 1. The molecule has 0 unspecified atom stereocenters. The molecule has 0 aliphatic carbocycles. The summed E-state index contributed by atoms with van der Waals surface area (Å²) in [5.74, 6) is 1.35. The highest BCUT2D eigenvalue weighted by Gasteiger charge is 2.14. The minimum atomic E-state index is -0.174. The molecule has 2 aromatic carbocycles. The number of anilines is 1. The van der Waals surface area contributed by atoms with Gasteiger partial charge in [0.1, 0.15) is 17.1 Å². The number of carbonyl (C=O) groups is 1. The summed E-state index contributed by atoms with van der Waals surface area (Å²) >= 11 is 0. The maximum absolute atomic E-state index is 12.8. The number of ether oxygens (including phenoxy) is 1. The van der Waals surface area contributed by atoms with Gasteiger partial charge in [-0.25, -0.2) is 9.97 Å². The highest BCUT2D eigenvalue weighted by Crippen LogP contribution is 2.25. The minimum absolute atomic E-state index is 0.174. The lowest BCUT2D eigenvalue weighted by Gasteiger charge is -2.11. The molecule has 140 valence electrons. The van der Waals surface area contributed by atoms with Crippen molar-refractivity contribution in [3.05, 3.63) is 71.9 Å². The van der Waals surface area contributed by atoms with Crippen LogP contribution in [0.3, 0.4) is 0 Å². The zero-order valence-corrected chi connectivity index (χ0v) is 15.9. The average molecular weight is 372 g/mol. The van der Waals surface area contributed by atoms with E-state index in [4.69, 9.17) is 4.74 Å². The van der Waals surface area contributed by atoms with E-state index in [-0.39, 0.29) is 5.91 Å². The summed E-state index contributed by atoms with van der Waals surface area (Å²) in [6.45, 7) is 1.93. The molecule has 0 aliphatic rings. The van der Waals surface area contributed by atoms with Crippen LogP contribution in [-0.2, 0) is 7.05 Å². The highest BCUT2D eigenvalue weighted by atomic mass is 16.5. The second-order valence-corrected chi connectivity index (χ2v) is 6.56. The van der Waals surface area contributed by atoms with Crippen molar-refractivity contribution in [2.24, 2.45) is 7.05 Å². The van der Waals surface area contributed by atoms with Crippen molar-refractivity contribution < 1.29 is 9.53 Å². The van der Waals surface area contributed by atoms with Gasteiger partial charge in [0.2, 0.25) is 0 Å². The van der Waals surface area contributed by atoms with E-state index in [0.29, 0.717) is 5.56 Å². The third-order valence-corrected chi connectivity index (χ3v) is 4.69. The van der Waals surface area contributed by atoms with Crippen LogP contribution in [0.25, 0.3) is 22.6 Å². The third-order valence-electron chi connectivity index (χ3n) is 4.69. The second-order valence-electron chi connectivity index (χ2n) is 6.56.